The molecule has 0 saturated heterocycles. The standard InChI is InChI=1S/C9H6F5NO2/c10-8(11)5-2-1-4(3-6(16)17)15-7(5)9(12,13)14/h1-2,8H,3H2,(H,16,17). The number of pyridine rings is 1. The average Bonchev–Trinajstić information content (AvgIpc) is 2.14. The van der Waals surface area contributed by atoms with Crippen LogP contribution in [0.1, 0.15) is 23.4 Å². The molecule has 0 aliphatic heterocycles. The van der Waals surface area contributed by atoms with Gasteiger partial charge in [0.15, 0.2) is 5.69 Å². The first kappa shape index (κ1) is 13.3. The lowest BCUT2D eigenvalue weighted by Crippen LogP contribution is -2.15. The van der Waals surface area contributed by atoms with Crippen molar-refractivity contribution in [2.24, 2.45) is 0 Å². The van der Waals surface area contributed by atoms with E-state index in [9.17, 15) is 26.7 Å². The second-order valence-electron chi connectivity index (χ2n) is 3.11. The van der Waals surface area contributed by atoms with E-state index >= 15 is 0 Å². The maximum Gasteiger partial charge on any atom is 0.433 e. The minimum absolute atomic E-state index is 0.422. The van der Waals surface area contributed by atoms with Crippen LogP contribution >= 0.6 is 0 Å². The van der Waals surface area contributed by atoms with E-state index in [1.54, 1.807) is 0 Å². The molecule has 0 fully saturated rings. The maximum absolute atomic E-state index is 12.4. The van der Waals surface area contributed by atoms with Gasteiger partial charge in [-0.3, -0.25) is 4.79 Å². The summed E-state index contributed by atoms with van der Waals surface area (Å²) in [5.41, 5.74) is -3.42. The Morgan fingerprint density at radius 3 is 2.35 bits per heavy atom. The zero-order valence-electron chi connectivity index (χ0n) is 8.13. The fourth-order valence-corrected chi connectivity index (χ4v) is 1.17. The second-order valence-corrected chi connectivity index (χ2v) is 3.11. The molecule has 0 unspecified atom stereocenters. The number of hydrogen-bond donors (Lipinski definition) is 1. The summed E-state index contributed by atoms with van der Waals surface area (Å²) < 4.78 is 61.7. The summed E-state index contributed by atoms with van der Waals surface area (Å²) in [6.45, 7) is 0. The zero-order valence-corrected chi connectivity index (χ0v) is 8.13. The number of hydrogen-bond acceptors (Lipinski definition) is 2. The van der Waals surface area contributed by atoms with Crippen LogP contribution in [0.4, 0.5) is 22.0 Å². The molecule has 3 nitrogen and oxygen atoms in total. The van der Waals surface area contributed by atoms with Crippen LogP contribution in [0.25, 0.3) is 0 Å². The van der Waals surface area contributed by atoms with Crippen molar-refractivity contribution in [3.8, 4) is 0 Å². The number of nitrogens with zero attached hydrogens (tertiary/aromatic N) is 1. The topological polar surface area (TPSA) is 50.2 Å². The molecule has 0 radical (unpaired) electrons. The summed E-state index contributed by atoms with van der Waals surface area (Å²) in [6, 6.07) is 1.38. The van der Waals surface area contributed by atoms with E-state index in [-0.39, 0.29) is 0 Å². The molecule has 1 heterocycles. The van der Waals surface area contributed by atoms with Gasteiger partial charge in [-0.1, -0.05) is 0 Å². The van der Waals surface area contributed by atoms with Gasteiger partial charge in [0.05, 0.1) is 12.1 Å². The van der Waals surface area contributed by atoms with E-state index in [1.807, 2.05) is 0 Å². The van der Waals surface area contributed by atoms with Crippen molar-refractivity contribution in [1.29, 1.82) is 0 Å². The SMILES string of the molecule is O=C(O)Cc1ccc(C(F)F)c(C(F)(F)F)n1. The van der Waals surface area contributed by atoms with E-state index in [1.165, 1.54) is 0 Å². The summed E-state index contributed by atoms with van der Waals surface area (Å²) >= 11 is 0. The van der Waals surface area contributed by atoms with Gasteiger partial charge in [-0.05, 0) is 12.1 Å². The molecule has 8 heteroatoms. The summed E-state index contributed by atoms with van der Waals surface area (Å²) in [5.74, 6) is -1.39. The van der Waals surface area contributed by atoms with Crippen molar-refractivity contribution in [3.63, 3.8) is 0 Å². The number of carboxylic acids is 1. The fourth-order valence-electron chi connectivity index (χ4n) is 1.17. The highest BCUT2D eigenvalue weighted by Crippen LogP contribution is 2.34. The number of carboxylic acid groups (broad SMARTS) is 1. The van der Waals surface area contributed by atoms with Gasteiger partial charge >= 0.3 is 12.1 Å². The lowest BCUT2D eigenvalue weighted by molar-refractivity contribution is -0.144. The molecular weight excluding hydrogens is 249 g/mol. The van der Waals surface area contributed by atoms with Gasteiger partial charge in [-0.2, -0.15) is 13.2 Å². The van der Waals surface area contributed by atoms with Gasteiger partial charge in [0.25, 0.3) is 6.43 Å². The molecule has 0 amide bonds. The van der Waals surface area contributed by atoms with Crippen LogP contribution in [0.5, 0.6) is 0 Å². The molecule has 0 spiro atoms. The van der Waals surface area contributed by atoms with Crippen LogP contribution in [0, 0.1) is 0 Å². The first-order chi connectivity index (χ1) is 7.71. The molecule has 17 heavy (non-hydrogen) atoms. The molecule has 1 N–H and O–H groups in total. The number of rotatable bonds is 3. The lowest BCUT2D eigenvalue weighted by Gasteiger charge is -2.12. The normalized spacial score (nSPS) is 11.9. The van der Waals surface area contributed by atoms with Crippen LogP contribution in [0.3, 0.4) is 0 Å². The number of halogens is 5. The molecule has 0 aliphatic carbocycles. The van der Waals surface area contributed by atoms with Gasteiger partial charge in [-0.15, -0.1) is 0 Å². The van der Waals surface area contributed by atoms with Crippen LogP contribution in [0.2, 0.25) is 0 Å². The van der Waals surface area contributed by atoms with Crippen LogP contribution in [0.15, 0.2) is 12.1 Å². The minimum Gasteiger partial charge on any atom is -0.481 e. The Labute approximate surface area is 91.9 Å². The summed E-state index contributed by atoms with van der Waals surface area (Å²) in [6.07, 6.45) is -9.12. The summed E-state index contributed by atoms with van der Waals surface area (Å²) in [7, 11) is 0. The third-order valence-corrected chi connectivity index (χ3v) is 1.82. The van der Waals surface area contributed by atoms with Crippen molar-refractivity contribution >= 4 is 5.97 Å². The van der Waals surface area contributed by atoms with Crippen molar-refractivity contribution in [3.05, 3.63) is 29.1 Å². The Morgan fingerprint density at radius 1 is 1.35 bits per heavy atom. The highest BCUT2D eigenvalue weighted by molar-refractivity contribution is 5.69. The largest absolute Gasteiger partial charge is 0.481 e. The number of aromatic nitrogens is 1. The first-order valence-corrected chi connectivity index (χ1v) is 4.28. The predicted octanol–water partition coefficient (Wildman–Crippen LogP) is 2.67. The van der Waals surface area contributed by atoms with E-state index in [4.69, 9.17) is 5.11 Å². The van der Waals surface area contributed by atoms with Gasteiger partial charge in [0, 0.05) is 5.56 Å². The predicted molar refractivity (Wildman–Crippen MR) is 45.5 cm³/mol. The smallest absolute Gasteiger partial charge is 0.433 e. The van der Waals surface area contributed by atoms with E-state index in [0.717, 1.165) is 6.07 Å². The zero-order chi connectivity index (χ0) is 13.2. The average molecular weight is 255 g/mol. The molecule has 0 bridgehead atoms. The van der Waals surface area contributed by atoms with Crippen LogP contribution in [-0.2, 0) is 17.4 Å². The fraction of sp³-hybridized carbons (Fsp3) is 0.333. The Morgan fingerprint density at radius 2 is 1.94 bits per heavy atom. The maximum atomic E-state index is 12.4. The van der Waals surface area contributed by atoms with Crippen molar-refractivity contribution in [2.75, 3.05) is 0 Å². The van der Waals surface area contributed by atoms with Crippen LogP contribution < -0.4 is 0 Å². The molecular formula is C9H6F5NO2. The molecule has 0 atom stereocenters. The molecule has 0 saturated carbocycles. The van der Waals surface area contributed by atoms with Gasteiger partial charge in [-0.25, -0.2) is 13.8 Å². The molecule has 94 valence electrons. The van der Waals surface area contributed by atoms with E-state index in [2.05, 4.69) is 4.98 Å². The molecule has 0 aliphatic rings. The first-order valence-electron chi connectivity index (χ1n) is 4.28. The highest BCUT2D eigenvalue weighted by Gasteiger charge is 2.37. The van der Waals surface area contributed by atoms with Crippen LogP contribution in [-0.4, -0.2) is 16.1 Å². The Balaban J connectivity index is 3.24. The lowest BCUT2D eigenvalue weighted by atomic mass is 10.1. The van der Waals surface area contributed by atoms with Gasteiger partial charge < -0.3 is 5.11 Å². The Bertz CT molecular complexity index is 430. The van der Waals surface area contributed by atoms with Gasteiger partial charge in [0.2, 0.25) is 0 Å². The number of alkyl halides is 5. The third-order valence-electron chi connectivity index (χ3n) is 1.82. The Hall–Kier alpha value is -1.73. The monoisotopic (exact) mass is 255 g/mol. The summed E-state index contributed by atoms with van der Waals surface area (Å²) in [5, 5.41) is 8.37. The van der Waals surface area contributed by atoms with Crippen molar-refractivity contribution in [1.82, 2.24) is 4.98 Å². The van der Waals surface area contributed by atoms with Crippen molar-refractivity contribution < 1.29 is 31.9 Å². The molecule has 1 aromatic rings. The highest BCUT2D eigenvalue weighted by atomic mass is 19.4. The number of aliphatic carboxylic acids is 1. The minimum atomic E-state index is -5.04. The van der Waals surface area contributed by atoms with E-state index in [0.29, 0.717) is 6.07 Å². The summed E-state index contributed by atoms with van der Waals surface area (Å²) in [4.78, 5) is 13.2. The van der Waals surface area contributed by atoms with E-state index < -0.39 is 41.9 Å². The van der Waals surface area contributed by atoms with Gasteiger partial charge in [0.1, 0.15) is 0 Å². The molecule has 1 rings (SSSR count). The number of carbonyl (C=O) groups is 1. The quantitative estimate of drug-likeness (QED) is 0.845. The molecule has 1 aromatic heterocycles. The molecule has 0 aromatic carbocycles. The second kappa shape index (κ2) is 4.64. The Kier molecular flexibility index (Phi) is 3.64. The third kappa shape index (κ3) is 3.36. The van der Waals surface area contributed by atoms with Crippen molar-refractivity contribution in [2.45, 2.75) is 19.0 Å².